The van der Waals surface area contributed by atoms with Gasteiger partial charge in [-0.05, 0) is 48.7 Å². The molecule has 2 heterocycles. The lowest BCUT2D eigenvalue weighted by Gasteiger charge is -2.19. The molecule has 0 radical (unpaired) electrons. The van der Waals surface area contributed by atoms with Crippen molar-refractivity contribution in [2.24, 2.45) is 0 Å². The number of hydrogen-bond acceptors (Lipinski definition) is 5. The lowest BCUT2D eigenvalue weighted by molar-refractivity contribution is -0.117. The van der Waals surface area contributed by atoms with Gasteiger partial charge in [-0.15, -0.1) is 0 Å². The molecule has 0 saturated carbocycles. The third kappa shape index (κ3) is 4.22. The Labute approximate surface area is 176 Å². The summed E-state index contributed by atoms with van der Waals surface area (Å²) in [5.74, 6) is 1.88. The fourth-order valence-corrected chi connectivity index (χ4v) is 3.73. The van der Waals surface area contributed by atoms with Crippen molar-refractivity contribution in [3.05, 3.63) is 60.0 Å². The van der Waals surface area contributed by atoms with E-state index in [2.05, 4.69) is 30.1 Å². The third-order valence-electron chi connectivity index (χ3n) is 5.46. The van der Waals surface area contributed by atoms with Crippen molar-refractivity contribution < 1.29 is 14.1 Å². The van der Waals surface area contributed by atoms with Gasteiger partial charge < -0.3 is 14.2 Å². The molecule has 0 N–H and O–H groups in total. The second kappa shape index (κ2) is 9.11. The molecule has 0 bridgehead atoms. The molecule has 1 saturated heterocycles. The maximum atomic E-state index is 12.7. The van der Waals surface area contributed by atoms with E-state index in [1.165, 1.54) is 5.56 Å². The summed E-state index contributed by atoms with van der Waals surface area (Å²) in [6.45, 7) is 5.51. The lowest BCUT2D eigenvalue weighted by atomic mass is 10.1. The number of para-hydroxylation sites is 1. The van der Waals surface area contributed by atoms with E-state index >= 15 is 0 Å². The zero-order valence-electron chi connectivity index (χ0n) is 17.5. The summed E-state index contributed by atoms with van der Waals surface area (Å²) in [7, 11) is 0. The van der Waals surface area contributed by atoms with E-state index in [1.807, 2.05) is 47.4 Å². The number of aryl methyl sites for hydroxylation is 1. The number of ether oxygens (including phenoxy) is 1. The zero-order chi connectivity index (χ0) is 20.9. The van der Waals surface area contributed by atoms with Gasteiger partial charge in [0, 0.05) is 24.2 Å². The molecule has 3 aromatic rings. The van der Waals surface area contributed by atoms with Crippen LogP contribution in [0.15, 0.2) is 53.1 Å². The van der Waals surface area contributed by atoms with E-state index in [1.54, 1.807) is 0 Å². The van der Waals surface area contributed by atoms with Crippen LogP contribution in [0.3, 0.4) is 0 Å². The molecule has 1 unspecified atom stereocenters. The molecule has 30 heavy (non-hydrogen) atoms. The molecular formula is C24H27N3O3. The summed E-state index contributed by atoms with van der Waals surface area (Å²) in [4.78, 5) is 19.1. The minimum Gasteiger partial charge on any atom is -0.494 e. The van der Waals surface area contributed by atoms with Crippen LogP contribution in [0.5, 0.6) is 5.75 Å². The van der Waals surface area contributed by atoms with Gasteiger partial charge in [0.1, 0.15) is 5.75 Å². The van der Waals surface area contributed by atoms with Gasteiger partial charge in [-0.1, -0.05) is 43.6 Å². The minimum absolute atomic E-state index is 0.0919. The van der Waals surface area contributed by atoms with Crippen molar-refractivity contribution >= 4 is 11.6 Å². The van der Waals surface area contributed by atoms with Crippen LogP contribution < -0.4 is 9.64 Å². The summed E-state index contributed by atoms with van der Waals surface area (Å²) in [5, 5.41) is 4.14. The Balaban J connectivity index is 1.46. The topological polar surface area (TPSA) is 68.5 Å². The van der Waals surface area contributed by atoms with E-state index in [4.69, 9.17) is 9.26 Å². The summed E-state index contributed by atoms with van der Waals surface area (Å²) < 4.78 is 11.2. The van der Waals surface area contributed by atoms with E-state index < -0.39 is 0 Å². The first-order valence-corrected chi connectivity index (χ1v) is 10.6. The molecule has 1 fully saturated rings. The quantitative estimate of drug-likeness (QED) is 0.494. The van der Waals surface area contributed by atoms with E-state index in [0.29, 0.717) is 24.7 Å². The molecule has 4 rings (SSSR count). The molecule has 2 aromatic carbocycles. The third-order valence-corrected chi connectivity index (χ3v) is 5.46. The molecule has 6 nitrogen and oxygen atoms in total. The van der Waals surface area contributed by atoms with E-state index in [9.17, 15) is 4.79 Å². The van der Waals surface area contributed by atoms with Crippen LogP contribution in [0, 0.1) is 0 Å². The highest BCUT2D eigenvalue weighted by Gasteiger charge is 2.35. The molecule has 1 aliphatic heterocycles. The average molecular weight is 405 g/mol. The highest BCUT2D eigenvalue weighted by Crippen LogP contribution is 2.33. The first-order valence-electron chi connectivity index (χ1n) is 10.6. The normalized spacial score (nSPS) is 16.3. The number of aromatic nitrogens is 2. The van der Waals surface area contributed by atoms with Crippen LogP contribution in [0.1, 0.15) is 50.5 Å². The van der Waals surface area contributed by atoms with Crippen molar-refractivity contribution in [1.82, 2.24) is 10.1 Å². The van der Waals surface area contributed by atoms with Crippen LogP contribution in [0.25, 0.3) is 11.4 Å². The van der Waals surface area contributed by atoms with Gasteiger partial charge in [-0.2, -0.15) is 4.98 Å². The zero-order valence-corrected chi connectivity index (χ0v) is 17.5. The molecule has 1 aliphatic rings. The molecule has 1 atom stereocenters. The Hall–Kier alpha value is -3.15. The number of nitrogens with zero attached hydrogens (tertiary/aromatic N) is 3. The summed E-state index contributed by atoms with van der Waals surface area (Å²) in [5.41, 5.74) is 3.01. The Morgan fingerprint density at radius 1 is 1.13 bits per heavy atom. The number of carbonyl (C=O) groups is 1. The van der Waals surface area contributed by atoms with Gasteiger partial charge in [-0.25, -0.2) is 0 Å². The number of anilines is 1. The van der Waals surface area contributed by atoms with Gasteiger partial charge >= 0.3 is 0 Å². The summed E-state index contributed by atoms with van der Waals surface area (Å²) in [6, 6.07) is 15.7. The predicted octanol–water partition coefficient (Wildman–Crippen LogP) is 5.00. The number of hydrogen-bond donors (Lipinski definition) is 0. The maximum Gasteiger partial charge on any atom is 0.232 e. The largest absolute Gasteiger partial charge is 0.494 e. The van der Waals surface area contributed by atoms with Crippen molar-refractivity contribution in [3.8, 4) is 17.1 Å². The first-order chi connectivity index (χ1) is 14.7. The average Bonchev–Trinajstić information content (AvgIpc) is 3.41. The van der Waals surface area contributed by atoms with Crippen molar-refractivity contribution in [3.63, 3.8) is 0 Å². The molecule has 0 aliphatic carbocycles. The number of benzene rings is 2. The van der Waals surface area contributed by atoms with Gasteiger partial charge in [0.25, 0.3) is 0 Å². The van der Waals surface area contributed by atoms with Crippen LogP contribution in [0.2, 0.25) is 0 Å². The second-order valence-electron chi connectivity index (χ2n) is 7.57. The number of unbranched alkanes of at least 4 members (excludes halogenated alkanes) is 1. The SMILES string of the molecule is CCCCOc1ccc(-c2noc(C3CC(=O)N(c4ccccc4CC)C3)n2)cc1. The number of rotatable bonds is 8. The monoisotopic (exact) mass is 405 g/mol. The molecule has 6 heteroatoms. The van der Waals surface area contributed by atoms with E-state index in [0.717, 1.165) is 42.9 Å². The van der Waals surface area contributed by atoms with Crippen LogP contribution in [-0.2, 0) is 11.2 Å². The molecule has 156 valence electrons. The predicted molar refractivity (Wildman–Crippen MR) is 116 cm³/mol. The lowest BCUT2D eigenvalue weighted by Crippen LogP contribution is -2.25. The second-order valence-corrected chi connectivity index (χ2v) is 7.57. The Morgan fingerprint density at radius 3 is 2.70 bits per heavy atom. The summed E-state index contributed by atoms with van der Waals surface area (Å²) in [6.07, 6.45) is 3.40. The summed E-state index contributed by atoms with van der Waals surface area (Å²) >= 11 is 0. The minimum atomic E-state index is -0.0969. The number of carbonyl (C=O) groups excluding carboxylic acids is 1. The van der Waals surface area contributed by atoms with Crippen molar-refractivity contribution in [2.45, 2.75) is 45.4 Å². The molecule has 0 spiro atoms. The van der Waals surface area contributed by atoms with Crippen LogP contribution in [0.4, 0.5) is 5.69 Å². The first kappa shape index (κ1) is 20.1. The van der Waals surface area contributed by atoms with Crippen LogP contribution >= 0.6 is 0 Å². The Morgan fingerprint density at radius 2 is 1.93 bits per heavy atom. The van der Waals surface area contributed by atoms with Gasteiger partial charge in [0.2, 0.25) is 17.6 Å². The smallest absolute Gasteiger partial charge is 0.232 e. The molecule has 1 amide bonds. The fraction of sp³-hybridized carbons (Fsp3) is 0.375. The van der Waals surface area contributed by atoms with E-state index in [-0.39, 0.29) is 11.8 Å². The van der Waals surface area contributed by atoms with Gasteiger partial charge in [-0.3, -0.25) is 4.79 Å². The van der Waals surface area contributed by atoms with Gasteiger partial charge in [0.15, 0.2) is 0 Å². The molecule has 1 aromatic heterocycles. The Kier molecular flexibility index (Phi) is 6.12. The molecular weight excluding hydrogens is 378 g/mol. The van der Waals surface area contributed by atoms with Crippen molar-refractivity contribution in [2.75, 3.05) is 18.1 Å². The van der Waals surface area contributed by atoms with Crippen molar-refractivity contribution in [1.29, 1.82) is 0 Å². The number of amides is 1. The maximum absolute atomic E-state index is 12.7. The van der Waals surface area contributed by atoms with Crippen LogP contribution in [-0.4, -0.2) is 29.2 Å². The fourth-order valence-electron chi connectivity index (χ4n) is 3.73. The highest BCUT2D eigenvalue weighted by atomic mass is 16.5. The standard InChI is InChI=1S/C24H27N3O3/c1-3-5-14-29-20-12-10-18(11-13-20)23-25-24(30-26-23)19-15-22(28)27(16-19)21-9-7-6-8-17(21)4-2/h6-13,19H,3-5,14-16H2,1-2H3. The van der Waals surface area contributed by atoms with Gasteiger partial charge in [0.05, 0.1) is 12.5 Å². The highest BCUT2D eigenvalue weighted by molar-refractivity contribution is 5.97. The Bertz CT molecular complexity index is 997.